The fraction of sp³-hybridized carbons (Fsp3) is 0.308. The molecule has 0 aromatic rings. The van der Waals surface area contributed by atoms with Crippen molar-refractivity contribution in [3.63, 3.8) is 0 Å². The van der Waals surface area contributed by atoms with Gasteiger partial charge in [-0.05, 0) is 6.42 Å². The van der Waals surface area contributed by atoms with Crippen LogP contribution in [0.15, 0.2) is 50.6 Å². The molecular weight excluding hydrogens is 188 g/mol. The highest BCUT2D eigenvalue weighted by molar-refractivity contribution is 5.81. The minimum atomic E-state index is -0.471. The lowest BCUT2D eigenvalue weighted by molar-refractivity contribution is -0.143. The summed E-state index contributed by atoms with van der Waals surface area (Å²) in [4.78, 5) is 11.1. The molecular formula is C13H18O2. The number of ether oxygens (including phenoxy) is 1. The first-order chi connectivity index (χ1) is 7.10. The largest absolute Gasteiger partial charge is 0.454 e. The lowest BCUT2D eigenvalue weighted by Crippen LogP contribution is -2.33. The SMILES string of the molecule is C=CC(=O)OC(C=C)C(C=C)(C=C)CC. The molecule has 1 atom stereocenters. The quantitative estimate of drug-likeness (QED) is 0.363. The van der Waals surface area contributed by atoms with E-state index < -0.39 is 17.5 Å². The summed E-state index contributed by atoms with van der Waals surface area (Å²) in [5, 5.41) is 0. The maximum atomic E-state index is 11.1. The lowest BCUT2D eigenvalue weighted by atomic mass is 9.79. The molecule has 15 heavy (non-hydrogen) atoms. The molecule has 0 N–H and O–H groups in total. The van der Waals surface area contributed by atoms with Crippen LogP contribution in [0.25, 0.3) is 0 Å². The molecule has 0 aliphatic heterocycles. The van der Waals surface area contributed by atoms with Gasteiger partial charge in [0.25, 0.3) is 0 Å². The van der Waals surface area contributed by atoms with Crippen LogP contribution in [0, 0.1) is 5.41 Å². The van der Waals surface area contributed by atoms with Gasteiger partial charge in [0.2, 0.25) is 0 Å². The van der Waals surface area contributed by atoms with Crippen molar-refractivity contribution in [2.24, 2.45) is 5.41 Å². The summed E-state index contributed by atoms with van der Waals surface area (Å²) >= 11 is 0. The standard InChI is InChI=1S/C13H18O2/c1-6-11(15-12(14)7-2)13(8-3,9-4)10-5/h6-9,11H,1-4,10H2,5H3. The van der Waals surface area contributed by atoms with Crippen LogP contribution < -0.4 is 0 Å². The van der Waals surface area contributed by atoms with Crippen LogP contribution in [0.2, 0.25) is 0 Å². The molecule has 0 saturated carbocycles. The Morgan fingerprint density at radius 3 is 2.13 bits per heavy atom. The van der Waals surface area contributed by atoms with Gasteiger partial charge in [-0.25, -0.2) is 4.79 Å². The van der Waals surface area contributed by atoms with E-state index in [4.69, 9.17) is 4.74 Å². The van der Waals surface area contributed by atoms with Crippen LogP contribution >= 0.6 is 0 Å². The number of carbonyl (C=O) groups is 1. The van der Waals surface area contributed by atoms with E-state index >= 15 is 0 Å². The second-order valence-electron chi connectivity index (χ2n) is 3.17. The first kappa shape index (κ1) is 13.4. The maximum absolute atomic E-state index is 11.1. The number of hydrogen-bond acceptors (Lipinski definition) is 2. The predicted molar refractivity (Wildman–Crippen MR) is 63.4 cm³/mol. The maximum Gasteiger partial charge on any atom is 0.330 e. The van der Waals surface area contributed by atoms with E-state index in [1.54, 1.807) is 18.2 Å². The molecule has 82 valence electrons. The Morgan fingerprint density at radius 1 is 1.33 bits per heavy atom. The molecule has 0 aliphatic carbocycles. The van der Waals surface area contributed by atoms with Crippen molar-refractivity contribution < 1.29 is 9.53 Å². The Kier molecular flexibility index (Phi) is 5.39. The highest BCUT2D eigenvalue weighted by Gasteiger charge is 2.32. The average molecular weight is 206 g/mol. The third kappa shape index (κ3) is 2.94. The summed E-state index contributed by atoms with van der Waals surface area (Å²) in [6, 6.07) is 0. The van der Waals surface area contributed by atoms with E-state index in [2.05, 4.69) is 26.3 Å². The summed E-state index contributed by atoms with van der Waals surface area (Å²) in [6.07, 6.45) is 6.44. The molecule has 0 amide bonds. The number of esters is 1. The third-order valence-electron chi connectivity index (χ3n) is 2.53. The molecule has 0 radical (unpaired) electrons. The molecule has 0 aliphatic rings. The van der Waals surface area contributed by atoms with Gasteiger partial charge < -0.3 is 4.74 Å². The van der Waals surface area contributed by atoms with Crippen molar-refractivity contribution in [3.8, 4) is 0 Å². The van der Waals surface area contributed by atoms with Crippen LogP contribution in [-0.2, 0) is 9.53 Å². The molecule has 0 rings (SSSR count). The first-order valence-corrected chi connectivity index (χ1v) is 4.83. The van der Waals surface area contributed by atoms with E-state index in [0.29, 0.717) is 0 Å². The van der Waals surface area contributed by atoms with Gasteiger partial charge in [-0.15, -0.1) is 13.2 Å². The van der Waals surface area contributed by atoms with Crippen LogP contribution in [0.4, 0.5) is 0 Å². The lowest BCUT2D eigenvalue weighted by Gasteiger charge is -2.31. The molecule has 0 heterocycles. The fourth-order valence-corrected chi connectivity index (χ4v) is 1.36. The van der Waals surface area contributed by atoms with Gasteiger partial charge in [-0.2, -0.15) is 0 Å². The van der Waals surface area contributed by atoms with Gasteiger partial charge >= 0.3 is 5.97 Å². The predicted octanol–water partition coefficient (Wildman–Crippen LogP) is 3.04. The van der Waals surface area contributed by atoms with Crippen LogP contribution in [0.3, 0.4) is 0 Å². The summed E-state index contributed by atoms with van der Waals surface area (Å²) < 4.78 is 5.17. The number of hydrogen-bond donors (Lipinski definition) is 0. The van der Waals surface area contributed by atoms with E-state index in [0.717, 1.165) is 12.5 Å². The fourth-order valence-electron chi connectivity index (χ4n) is 1.36. The Labute approximate surface area is 91.6 Å². The van der Waals surface area contributed by atoms with Crippen molar-refractivity contribution in [2.45, 2.75) is 19.4 Å². The molecule has 2 nitrogen and oxygen atoms in total. The number of rotatable bonds is 7. The molecule has 0 bridgehead atoms. The minimum absolute atomic E-state index is 0.456. The van der Waals surface area contributed by atoms with Gasteiger partial charge in [0.05, 0.1) is 0 Å². The zero-order valence-corrected chi connectivity index (χ0v) is 9.24. The van der Waals surface area contributed by atoms with Crippen LogP contribution in [0.1, 0.15) is 13.3 Å². The molecule has 0 fully saturated rings. The zero-order chi connectivity index (χ0) is 11.9. The second kappa shape index (κ2) is 6.02. The Morgan fingerprint density at radius 2 is 1.87 bits per heavy atom. The Hall–Kier alpha value is -1.57. The van der Waals surface area contributed by atoms with Crippen molar-refractivity contribution in [3.05, 3.63) is 50.6 Å². The van der Waals surface area contributed by atoms with Gasteiger partial charge in [-0.1, -0.05) is 38.3 Å². The van der Waals surface area contributed by atoms with Crippen molar-refractivity contribution in [2.75, 3.05) is 0 Å². The molecule has 0 aromatic heterocycles. The van der Waals surface area contributed by atoms with Gasteiger partial charge in [0.1, 0.15) is 6.10 Å². The normalized spacial score (nSPS) is 12.3. The van der Waals surface area contributed by atoms with Gasteiger partial charge in [-0.3, -0.25) is 0 Å². The highest BCUT2D eigenvalue weighted by atomic mass is 16.5. The first-order valence-electron chi connectivity index (χ1n) is 4.83. The Bertz CT molecular complexity index is 268. The summed E-state index contributed by atoms with van der Waals surface area (Å²) in [7, 11) is 0. The van der Waals surface area contributed by atoms with Gasteiger partial charge in [0, 0.05) is 11.5 Å². The summed E-state index contributed by atoms with van der Waals surface area (Å²) in [5.74, 6) is -0.471. The molecule has 0 spiro atoms. The highest BCUT2D eigenvalue weighted by Crippen LogP contribution is 2.32. The Balaban J connectivity index is 4.97. The monoisotopic (exact) mass is 206 g/mol. The smallest absolute Gasteiger partial charge is 0.330 e. The molecule has 0 aromatic carbocycles. The van der Waals surface area contributed by atoms with E-state index in [1.165, 1.54) is 0 Å². The molecule has 1 unspecified atom stereocenters. The van der Waals surface area contributed by atoms with E-state index in [9.17, 15) is 4.79 Å². The van der Waals surface area contributed by atoms with Crippen LogP contribution in [0.5, 0.6) is 0 Å². The van der Waals surface area contributed by atoms with Gasteiger partial charge in [0.15, 0.2) is 0 Å². The number of carbonyl (C=O) groups excluding carboxylic acids is 1. The second-order valence-corrected chi connectivity index (χ2v) is 3.17. The van der Waals surface area contributed by atoms with Crippen LogP contribution in [-0.4, -0.2) is 12.1 Å². The topological polar surface area (TPSA) is 26.3 Å². The third-order valence-corrected chi connectivity index (χ3v) is 2.53. The summed E-state index contributed by atoms with van der Waals surface area (Å²) in [5.41, 5.74) is -0.458. The molecule has 0 saturated heterocycles. The zero-order valence-electron chi connectivity index (χ0n) is 9.24. The van der Waals surface area contributed by atoms with E-state index in [1.807, 2.05) is 6.92 Å². The van der Waals surface area contributed by atoms with Crippen molar-refractivity contribution in [1.82, 2.24) is 0 Å². The van der Waals surface area contributed by atoms with Crippen molar-refractivity contribution >= 4 is 5.97 Å². The molecule has 2 heteroatoms. The summed E-state index contributed by atoms with van der Waals surface area (Å²) in [6.45, 7) is 16.5. The average Bonchev–Trinajstić information content (AvgIpc) is 2.29. The minimum Gasteiger partial charge on any atom is -0.454 e. The van der Waals surface area contributed by atoms with Crippen molar-refractivity contribution in [1.29, 1.82) is 0 Å². The van der Waals surface area contributed by atoms with E-state index in [-0.39, 0.29) is 0 Å².